The number of hydrogen-bond donors (Lipinski definition) is 1. The highest BCUT2D eigenvalue weighted by Gasteiger charge is 2.30. The second-order valence-electron chi connectivity index (χ2n) is 2.95. The molecule has 0 aromatic carbocycles. The van der Waals surface area contributed by atoms with Crippen molar-refractivity contribution in [2.75, 3.05) is 13.2 Å². The first-order valence-electron chi connectivity index (χ1n) is 5.33. The number of amides is 1. The smallest absolute Gasteiger partial charge is 0.340 e. The van der Waals surface area contributed by atoms with Gasteiger partial charge in [0.25, 0.3) is 0 Å². The average Bonchev–Trinajstić information content (AvgIpc) is 2.26. The summed E-state index contributed by atoms with van der Waals surface area (Å²) in [7, 11) is 0. The molecule has 0 aliphatic rings. The molecule has 17 heavy (non-hydrogen) atoms. The standard InChI is InChI=1S/C11H17NO5/c1-4-7-8(13)12-9(10(14)16-5-2)11(15)17-6-3/h4,7,9H,5-6H2,1-3H3,(H,12,13). The van der Waals surface area contributed by atoms with Gasteiger partial charge >= 0.3 is 11.9 Å². The molecule has 0 rings (SSSR count). The van der Waals surface area contributed by atoms with E-state index in [1.54, 1.807) is 20.8 Å². The molecule has 96 valence electrons. The lowest BCUT2D eigenvalue weighted by Gasteiger charge is -2.14. The molecule has 0 radical (unpaired) electrons. The van der Waals surface area contributed by atoms with Gasteiger partial charge in [0.1, 0.15) is 0 Å². The van der Waals surface area contributed by atoms with Crippen LogP contribution in [0.4, 0.5) is 0 Å². The van der Waals surface area contributed by atoms with Crippen LogP contribution >= 0.6 is 0 Å². The normalized spacial score (nSPS) is 10.4. The fourth-order valence-corrected chi connectivity index (χ4v) is 1.01. The SMILES string of the molecule is CC=CC(=O)NC(C(=O)OCC)C(=O)OCC. The lowest BCUT2D eigenvalue weighted by atomic mass is 10.3. The lowest BCUT2D eigenvalue weighted by Crippen LogP contribution is -2.47. The molecular formula is C11H17NO5. The van der Waals surface area contributed by atoms with Crippen LogP contribution in [0.15, 0.2) is 12.2 Å². The number of carbonyl (C=O) groups excluding carboxylic acids is 3. The van der Waals surface area contributed by atoms with Crippen LogP contribution in [0.1, 0.15) is 20.8 Å². The third-order valence-corrected chi connectivity index (χ3v) is 1.65. The van der Waals surface area contributed by atoms with Crippen LogP contribution in [-0.2, 0) is 23.9 Å². The summed E-state index contributed by atoms with van der Waals surface area (Å²) in [4.78, 5) is 34.1. The van der Waals surface area contributed by atoms with E-state index in [2.05, 4.69) is 14.8 Å². The molecule has 1 amide bonds. The molecule has 0 heterocycles. The Kier molecular flexibility index (Phi) is 7.41. The lowest BCUT2D eigenvalue weighted by molar-refractivity contribution is -0.159. The van der Waals surface area contributed by atoms with Crippen LogP contribution in [0.3, 0.4) is 0 Å². The van der Waals surface area contributed by atoms with E-state index < -0.39 is 23.9 Å². The molecule has 0 saturated heterocycles. The highest BCUT2D eigenvalue weighted by atomic mass is 16.6. The number of nitrogens with one attached hydrogen (secondary N) is 1. The van der Waals surface area contributed by atoms with Crippen LogP contribution in [0.25, 0.3) is 0 Å². The Morgan fingerprint density at radius 3 is 1.94 bits per heavy atom. The Morgan fingerprint density at radius 1 is 1.12 bits per heavy atom. The Bertz CT molecular complexity index is 293. The van der Waals surface area contributed by atoms with Gasteiger partial charge in [0.2, 0.25) is 11.9 Å². The summed E-state index contributed by atoms with van der Waals surface area (Å²) in [6, 6.07) is -1.42. The van der Waals surface area contributed by atoms with Crippen molar-refractivity contribution in [2.24, 2.45) is 0 Å². The minimum atomic E-state index is -1.42. The first-order valence-corrected chi connectivity index (χ1v) is 5.33. The number of rotatable bonds is 6. The Labute approximate surface area is 100.0 Å². The van der Waals surface area contributed by atoms with Crippen molar-refractivity contribution in [1.29, 1.82) is 0 Å². The molecule has 0 fully saturated rings. The van der Waals surface area contributed by atoms with Crippen molar-refractivity contribution in [3.05, 3.63) is 12.2 Å². The number of allylic oxidation sites excluding steroid dienone is 1. The van der Waals surface area contributed by atoms with Crippen molar-refractivity contribution in [2.45, 2.75) is 26.8 Å². The summed E-state index contributed by atoms with van der Waals surface area (Å²) in [5.74, 6) is -2.22. The first-order chi connectivity index (χ1) is 8.06. The van der Waals surface area contributed by atoms with E-state index in [4.69, 9.17) is 0 Å². The molecule has 0 bridgehead atoms. The van der Waals surface area contributed by atoms with Crippen LogP contribution < -0.4 is 5.32 Å². The third-order valence-electron chi connectivity index (χ3n) is 1.65. The van der Waals surface area contributed by atoms with Crippen LogP contribution in [0.2, 0.25) is 0 Å². The summed E-state index contributed by atoms with van der Waals surface area (Å²) in [6.45, 7) is 5.09. The summed E-state index contributed by atoms with van der Waals surface area (Å²) < 4.78 is 9.34. The Balaban J connectivity index is 4.66. The Morgan fingerprint density at radius 2 is 1.59 bits per heavy atom. The summed E-state index contributed by atoms with van der Waals surface area (Å²) >= 11 is 0. The molecule has 6 heteroatoms. The summed E-state index contributed by atoms with van der Waals surface area (Å²) in [6.07, 6.45) is 2.69. The molecule has 0 saturated carbocycles. The van der Waals surface area contributed by atoms with E-state index in [1.807, 2.05) is 0 Å². The van der Waals surface area contributed by atoms with Gasteiger partial charge in [-0.05, 0) is 26.8 Å². The highest BCUT2D eigenvalue weighted by Crippen LogP contribution is 1.95. The van der Waals surface area contributed by atoms with E-state index in [0.29, 0.717) is 0 Å². The quantitative estimate of drug-likeness (QED) is 0.408. The second-order valence-corrected chi connectivity index (χ2v) is 2.95. The zero-order chi connectivity index (χ0) is 13.3. The van der Waals surface area contributed by atoms with Crippen LogP contribution in [0, 0.1) is 0 Å². The molecule has 0 aromatic rings. The minimum absolute atomic E-state index is 0.119. The minimum Gasteiger partial charge on any atom is -0.464 e. The van der Waals surface area contributed by atoms with E-state index in [1.165, 1.54) is 12.2 Å². The molecular weight excluding hydrogens is 226 g/mol. The van der Waals surface area contributed by atoms with Crippen molar-refractivity contribution in [3.8, 4) is 0 Å². The van der Waals surface area contributed by atoms with Crippen molar-refractivity contribution in [1.82, 2.24) is 5.32 Å². The predicted molar refractivity (Wildman–Crippen MR) is 60.0 cm³/mol. The van der Waals surface area contributed by atoms with Gasteiger partial charge in [-0.1, -0.05) is 6.08 Å². The van der Waals surface area contributed by atoms with Crippen molar-refractivity contribution < 1.29 is 23.9 Å². The van der Waals surface area contributed by atoms with E-state index in [-0.39, 0.29) is 13.2 Å². The molecule has 0 atom stereocenters. The van der Waals surface area contributed by atoms with E-state index in [0.717, 1.165) is 0 Å². The summed E-state index contributed by atoms with van der Waals surface area (Å²) in [5.41, 5.74) is 0. The molecule has 0 aliphatic carbocycles. The van der Waals surface area contributed by atoms with Gasteiger partial charge in [-0.25, -0.2) is 9.59 Å². The van der Waals surface area contributed by atoms with Gasteiger partial charge in [0, 0.05) is 0 Å². The first kappa shape index (κ1) is 15.2. The zero-order valence-electron chi connectivity index (χ0n) is 10.2. The van der Waals surface area contributed by atoms with Crippen LogP contribution in [-0.4, -0.2) is 37.1 Å². The van der Waals surface area contributed by atoms with Crippen molar-refractivity contribution >= 4 is 17.8 Å². The third kappa shape index (κ3) is 5.70. The van der Waals surface area contributed by atoms with E-state index >= 15 is 0 Å². The fraction of sp³-hybridized carbons (Fsp3) is 0.545. The maximum Gasteiger partial charge on any atom is 0.340 e. The fourth-order valence-electron chi connectivity index (χ4n) is 1.01. The predicted octanol–water partition coefficient (Wildman–Crippen LogP) is 0.173. The largest absolute Gasteiger partial charge is 0.464 e. The maximum absolute atomic E-state index is 11.4. The topological polar surface area (TPSA) is 81.7 Å². The molecule has 0 unspecified atom stereocenters. The molecule has 0 aliphatic heterocycles. The number of carbonyl (C=O) groups is 3. The van der Waals surface area contributed by atoms with Gasteiger partial charge in [0.15, 0.2) is 0 Å². The monoisotopic (exact) mass is 243 g/mol. The highest BCUT2D eigenvalue weighted by molar-refractivity contribution is 6.04. The van der Waals surface area contributed by atoms with Crippen molar-refractivity contribution in [3.63, 3.8) is 0 Å². The number of esters is 2. The molecule has 6 nitrogen and oxygen atoms in total. The van der Waals surface area contributed by atoms with Gasteiger partial charge in [-0.15, -0.1) is 0 Å². The van der Waals surface area contributed by atoms with Gasteiger partial charge < -0.3 is 14.8 Å². The maximum atomic E-state index is 11.4. The molecule has 0 aromatic heterocycles. The number of hydrogen-bond acceptors (Lipinski definition) is 5. The van der Waals surface area contributed by atoms with Crippen LogP contribution in [0.5, 0.6) is 0 Å². The van der Waals surface area contributed by atoms with E-state index in [9.17, 15) is 14.4 Å². The van der Waals surface area contributed by atoms with Gasteiger partial charge in [0.05, 0.1) is 13.2 Å². The van der Waals surface area contributed by atoms with Gasteiger partial charge in [-0.3, -0.25) is 4.79 Å². The molecule has 1 N–H and O–H groups in total. The zero-order valence-corrected chi connectivity index (χ0v) is 10.2. The van der Waals surface area contributed by atoms with Gasteiger partial charge in [-0.2, -0.15) is 0 Å². The number of ether oxygens (including phenoxy) is 2. The summed E-state index contributed by atoms with van der Waals surface area (Å²) in [5, 5.41) is 2.21. The Hall–Kier alpha value is -1.85. The average molecular weight is 243 g/mol. The molecule has 0 spiro atoms. The second kappa shape index (κ2) is 8.32.